The Morgan fingerprint density at radius 3 is 2.41 bits per heavy atom. The molecule has 1 aliphatic rings. The number of pyridine rings is 1. The highest BCUT2D eigenvalue weighted by Gasteiger charge is 2.40. The van der Waals surface area contributed by atoms with Crippen LogP contribution < -0.4 is 10.1 Å². The molecule has 0 unspecified atom stereocenters. The number of carbonyl (C=O) groups is 1. The number of benzene rings is 2. The highest BCUT2D eigenvalue weighted by Crippen LogP contribution is 2.26. The van der Waals surface area contributed by atoms with Gasteiger partial charge >= 0.3 is 12.1 Å². The zero-order chi connectivity index (χ0) is 28.0. The molecule has 0 bridgehead atoms. The van der Waals surface area contributed by atoms with Gasteiger partial charge in [0.05, 0.1) is 6.04 Å². The van der Waals surface area contributed by atoms with Gasteiger partial charge < -0.3 is 20.1 Å². The third kappa shape index (κ3) is 8.09. The number of nitrogens with zero attached hydrogens (tertiary/aromatic N) is 2. The van der Waals surface area contributed by atoms with Crippen molar-refractivity contribution in [3.8, 4) is 5.88 Å². The van der Waals surface area contributed by atoms with E-state index >= 15 is 0 Å². The second-order valence-electron chi connectivity index (χ2n) is 9.75. The summed E-state index contributed by atoms with van der Waals surface area (Å²) in [6.07, 6.45) is -3.77. The molecule has 4 rings (SSSR count). The van der Waals surface area contributed by atoms with Crippen molar-refractivity contribution in [1.82, 2.24) is 15.2 Å². The molecular weight excluding hydrogens is 521 g/mol. The molecule has 1 amide bonds. The van der Waals surface area contributed by atoms with E-state index in [2.05, 4.69) is 15.0 Å². The number of halogens is 5. The van der Waals surface area contributed by atoms with Crippen LogP contribution in [0.4, 0.5) is 22.0 Å². The summed E-state index contributed by atoms with van der Waals surface area (Å²) < 4.78 is 71.6. The number of ether oxygens (including phenoxy) is 1. The van der Waals surface area contributed by atoms with Gasteiger partial charge in [-0.25, -0.2) is 4.98 Å². The number of hydrogen-bond donors (Lipinski definition) is 2. The summed E-state index contributed by atoms with van der Waals surface area (Å²) in [6.45, 7) is -0.0103. The molecule has 210 valence electrons. The van der Waals surface area contributed by atoms with E-state index in [1.165, 1.54) is 6.07 Å². The molecule has 11 heteroatoms. The smallest absolute Gasteiger partial charge is 0.422 e. The molecule has 0 spiro atoms. The molecular formula is C28H30F5N3O3. The summed E-state index contributed by atoms with van der Waals surface area (Å²) in [4.78, 5) is 18.4. The SMILES string of the molecule is O=C(N[C@H](CN1CCCC1)[C@H](O)c1ccc(OCC(F)(F)F)nc1)C(F)(F)CCc1ccc2ccccc2c1. The normalized spacial score (nSPS) is 16.3. The van der Waals surface area contributed by atoms with E-state index in [1.807, 2.05) is 41.3 Å². The highest BCUT2D eigenvalue weighted by atomic mass is 19.4. The number of aromatic nitrogens is 1. The lowest BCUT2D eigenvalue weighted by atomic mass is 10.0. The van der Waals surface area contributed by atoms with Gasteiger partial charge in [-0.2, -0.15) is 22.0 Å². The van der Waals surface area contributed by atoms with Crippen molar-refractivity contribution in [2.45, 2.75) is 49.9 Å². The quantitative estimate of drug-likeness (QED) is 0.326. The number of amides is 1. The minimum atomic E-state index is -4.54. The van der Waals surface area contributed by atoms with Gasteiger partial charge in [0.1, 0.15) is 6.10 Å². The molecule has 2 heterocycles. The number of hydrogen-bond acceptors (Lipinski definition) is 5. The van der Waals surface area contributed by atoms with Crippen LogP contribution in [0.2, 0.25) is 0 Å². The number of rotatable bonds is 11. The fourth-order valence-electron chi connectivity index (χ4n) is 4.59. The van der Waals surface area contributed by atoms with Crippen LogP contribution in [0.15, 0.2) is 60.8 Å². The number of aryl methyl sites for hydroxylation is 1. The van der Waals surface area contributed by atoms with E-state index in [1.54, 1.807) is 6.07 Å². The first-order chi connectivity index (χ1) is 18.5. The van der Waals surface area contributed by atoms with Crippen LogP contribution in [-0.2, 0) is 11.2 Å². The largest absolute Gasteiger partial charge is 0.468 e. The van der Waals surface area contributed by atoms with Crippen molar-refractivity contribution in [3.63, 3.8) is 0 Å². The lowest BCUT2D eigenvalue weighted by molar-refractivity contribution is -0.154. The van der Waals surface area contributed by atoms with Crippen LogP contribution in [0.5, 0.6) is 5.88 Å². The molecule has 0 saturated carbocycles. The lowest BCUT2D eigenvalue weighted by Gasteiger charge is -2.30. The maximum Gasteiger partial charge on any atom is 0.422 e. The van der Waals surface area contributed by atoms with Crippen LogP contribution in [0, 0.1) is 0 Å². The Morgan fingerprint density at radius 2 is 1.74 bits per heavy atom. The average molecular weight is 552 g/mol. The minimum Gasteiger partial charge on any atom is -0.468 e. The molecule has 1 aromatic heterocycles. The molecule has 39 heavy (non-hydrogen) atoms. The van der Waals surface area contributed by atoms with E-state index in [-0.39, 0.29) is 24.4 Å². The van der Waals surface area contributed by atoms with Gasteiger partial charge in [0, 0.05) is 30.8 Å². The maximum absolute atomic E-state index is 15.0. The van der Waals surface area contributed by atoms with Crippen LogP contribution in [0.1, 0.15) is 36.5 Å². The van der Waals surface area contributed by atoms with Crippen molar-refractivity contribution in [1.29, 1.82) is 0 Å². The van der Waals surface area contributed by atoms with Gasteiger partial charge in [-0.3, -0.25) is 4.79 Å². The van der Waals surface area contributed by atoms with E-state index < -0.39 is 43.2 Å². The highest BCUT2D eigenvalue weighted by molar-refractivity contribution is 5.84. The summed E-state index contributed by atoms with van der Waals surface area (Å²) in [5.41, 5.74) is 0.826. The van der Waals surface area contributed by atoms with Crippen molar-refractivity contribution in [2.24, 2.45) is 0 Å². The Labute approximate surface area is 222 Å². The van der Waals surface area contributed by atoms with Crippen molar-refractivity contribution in [3.05, 3.63) is 71.9 Å². The average Bonchev–Trinajstić information content (AvgIpc) is 3.43. The van der Waals surface area contributed by atoms with Gasteiger partial charge in [-0.15, -0.1) is 0 Å². The molecule has 0 aliphatic carbocycles. The molecule has 1 saturated heterocycles. The van der Waals surface area contributed by atoms with E-state index in [0.717, 1.165) is 35.9 Å². The summed E-state index contributed by atoms with van der Waals surface area (Å²) in [7, 11) is 0. The van der Waals surface area contributed by atoms with Crippen LogP contribution >= 0.6 is 0 Å². The molecule has 2 N–H and O–H groups in total. The number of fused-ring (bicyclic) bond motifs is 1. The number of likely N-dealkylation sites (tertiary alicyclic amines) is 1. The molecule has 2 aromatic carbocycles. The fourth-order valence-corrected chi connectivity index (χ4v) is 4.59. The number of aliphatic hydroxyl groups excluding tert-OH is 1. The Bertz CT molecular complexity index is 1250. The summed E-state index contributed by atoms with van der Waals surface area (Å²) in [5, 5.41) is 15.2. The van der Waals surface area contributed by atoms with Gasteiger partial charge in [0.15, 0.2) is 6.61 Å². The maximum atomic E-state index is 15.0. The van der Waals surface area contributed by atoms with Crippen molar-refractivity contribution < 1.29 is 36.6 Å². The van der Waals surface area contributed by atoms with Gasteiger partial charge in [-0.1, -0.05) is 42.5 Å². The standard InChI is InChI=1S/C28H30F5N3O3/c29-27(30,12-11-19-7-8-20-5-1-2-6-21(20)15-19)26(38)35-23(17-36-13-3-4-14-36)25(37)22-9-10-24(34-16-22)39-18-28(31,32)33/h1-2,5-10,15-16,23,25,37H,3-4,11-14,17-18H2,(H,35,38)/t23-,25-/m1/s1. The molecule has 3 aromatic rings. The Kier molecular flexibility index (Phi) is 9.01. The number of carbonyl (C=O) groups excluding carboxylic acids is 1. The second kappa shape index (κ2) is 12.3. The third-order valence-electron chi connectivity index (χ3n) is 6.71. The zero-order valence-corrected chi connectivity index (χ0v) is 21.1. The first-order valence-electron chi connectivity index (χ1n) is 12.7. The molecule has 1 fully saturated rings. The molecule has 1 aliphatic heterocycles. The predicted molar refractivity (Wildman–Crippen MR) is 136 cm³/mol. The fraction of sp³-hybridized carbons (Fsp3) is 0.429. The first kappa shape index (κ1) is 28.7. The monoisotopic (exact) mass is 551 g/mol. The van der Waals surface area contributed by atoms with Crippen LogP contribution in [-0.4, -0.2) is 65.3 Å². The second-order valence-corrected chi connectivity index (χ2v) is 9.75. The van der Waals surface area contributed by atoms with E-state index in [9.17, 15) is 31.9 Å². The Balaban J connectivity index is 1.42. The summed E-state index contributed by atoms with van der Waals surface area (Å²) >= 11 is 0. The summed E-state index contributed by atoms with van der Waals surface area (Å²) in [5.74, 6) is -5.49. The van der Waals surface area contributed by atoms with Crippen LogP contribution in [0.25, 0.3) is 10.8 Å². The Morgan fingerprint density at radius 1 is 1.03 bits per heavy atom. The lowest BCUT2D eigenvalue weighted by Crippen LogP contribution is -2.51. The Hall–Kier alpha value is -3.31. The summed E-state index contributed by atoms with van der Waals surface area (Å²) in [6, 6.07) is 14.3. The zero-order valence-electron chi connectivity index (χ0n) is 21.1. The first-order valence-corrected chi connectivity index (χ1v) is 12.7. The van der Waals surface area contributed by atoms with Gasteiger partial charge in [-0.05, 0) is 54.8 Å². The van der Waals surface area contributed by atoms with Gasteiger partial charge in [0.2, 0.25) is 5.88 Å². The van der Waals surface area contributed by atoms with Gasteiger partial charge in [0.25, 0.3) is 5.91 Å². The van der Waals surface area contributed by atoms with E-state index in [0.29, 0.717) is 18.7 Å². The topological polar surface area (TPSA) is 74.7 Å². The minimum absolute atomic E-state index is 0.0199. The molecule has 0 radical (unpaired) electrons. The number of nitrogens with one attached hydrogen (secondary N) is 1. The van der Waals surface area contributed by atoms with Crippen LogP contribution in [0.3, 0.4) is 0 Å². The third-order valence-corrected chi connectivity index (χ3v) is 6.71. The predicted octanol–water partition coefficient (Wildman–Crippen LogP) is 5.06. The van der Waals surface area contributed by atoms with E-state index in [4.69, 9.17) is 0 Å². The van der Waals surface area contributed by atoms with Crippen molar-refractivity contribution in [2.75, 3.05) is 26.2 Å². The van der Waals surface area contributed by atoms with Crippen molar-refractivity contribution >= 4 is 16.7 Å². The number of alkyl halides is 5. The molecule has 2 atom stereocenters. The number of aliphatic hydroxyl groups is 1. The molecule has 6 nitrogen and oxygen atoms in total.